The summed E-state index contributed by atoms with van der Waals surface area (Å²) in [7, 11) is 0. The van der Waals surface area contributed by atoms with Crippen LogP contribution in [-0.2, 0) is 4.79 Å². The van der Waals surface area contributed by atoms with Gasteiger partial charge in [0.1, 0.15) is 5.82 Å². The van der Waals surface area contributed by atoms with Gasteiger partial charge >= 0.3 is 0 Å². The van der Waals surface area contributed by atoms with Gasteiger partial charge in [0.05, 0.1) is 6.20 Å². The van der Waals surface area contributed by atoms with Crippen molar-refractivity contribution >= 4 is 11.7 Å². The van der Waals surface area contributed by atoms with Crippen molar-refractivity contribution in [2.24, 2.45) is 17.8 Å². The van der Waals surface area contributed by atoms with Crippen molar-refractivity contribution in [1.29, 1.82) is 0 Å². The summed E-state index contributed by atoms with van der Waals surface area (Å²) < 4.78 is 0. The van der Waals surface area contributed by atoms with E-state index in [9.17, 15) is 4.79 Å². The molecule has 0 spiro atoms. The molecule has 2 atom stereocenters. The molecule has 3 fully saturated rings. The first-order valence-corrected chi connectivity index (χ1v) is 9.11. The molecular formula is C18H26N4O. The third-order valence-electron chi connectivity index (χ3n) is 6.01. The molecule has 2 aliphatic heterocycles. The molecule has 0 radical (unpaired) electrons. The number of piperidine rings is 1. The fourth-order valence-electron chi connectivity index (χ4n) is 4.65. The Labute approximate surface area is 138 Å². The number of carbonyl (C=O) groups excluding carboxylic acids is 1. The summed E-state index contributed by atoms with van der Waals surface area (Å²) in [5.41, 5.74) is 0. The van der Waals surface area contributed by atoms with Crippen molar-refractivity contribution in [3.63, 3.8) is 0 Å². The van der Waals surface area contributed by atoms with Crippen LogP contribution in [-0.4, -0.2) is 47.0 Å². The zero-order chi connectivity index (χ0) is 15.6. The fourth-order valence-corrected chi connectivity index (χ4v) is 4.65. The normalized spacial score (nSPS) is 28.7. The predicted octanol–water partition coefficient (Wildman–Crippen LogP) is 2.34. The number of rotatable bonds is 2. The second-order valence-corrected chi connectivity index (χ2v) is 7.37. The quantitative estimate of drug-likeness (QED) is 0.841. The highest BCUT2D eigenvalue weighted by molar-refractivity contribution is 5.79. The molecule has 4 rings (SSSR count). The van der Waals surface area contributed by atoms with E-state index < -0.39 is 0 Å². The van der Waals surface area contributed by atoms with Crippen LogP contribution in [0.3, 0.4) is 0 Å². The first-order chi connectivity index (χ1) is 11.3. The van der Waals surface area contributed by atoms with Gasteiger partial charge in [-0.2, -0.15) is 0 Å². The van der Waals surface area contributed by atoms with Crippen LogP contribution in [0.15, 0.2) is 18.6 Å². The van der Waals surface area contributed by atoms with E-state index in [1.165, 1.54) is 25.7 Å². The van der Waals surface area contributed by atoms with Gasteiger partial charge in [-0.1, -0.05) is 12.8 Å². The summed E-state index contributed by atoms with van der Waals surface area (Å²) in [4.78, 5) is 25.8. The number of anilines is 1. The average Bonchev–Trinajstić information content (AvgIpc) is 3.06. The van der Waals surface area contributed by atoms with E-state index in [1.54, 1.807) is 12.4 Å². The highest BCUT2D eigenvalue weighted by Crippen LogP contribution is 2.37. The lowest BCUT2D eigenvalue weighted by molar-refractivity contribution is -0.135. The summed E-state index contributed by atoms with van der Waals surface area (Å²) in [6, 6.07) is 0. The van der Waals surface area contributed by atoms with Crippen LogP contribution in [0.25, 0.3) is 0 Å². The maximum atomic E-state index is 12.9. The van der Waals surface area contributed by atoms with Gasteiger partial charge in [-0.3, -0.25) is 9.78 Å². The first-order valence-electron chi connectivity index (χ1n) is 9.11. The van der Waals surface area contributed by atoms with E-state index in [0.717, 1.165) is 56.7 Å². The molecule has 1 aromatic heterocycles. The van der Waals surface area contributed by atoms with Crippen LogP contribution in [0.1, 0.15) is 38.5 Å². The van der Waals surface area contributed by atoms with E-state index >= 15 is 0 Å². The zero-order valence-electron chi connectivity index (χ0n) is 13.7. The van der Waals surface area contributed by atoms with Gasteiger partial charge in [0.25, 0.3) is 0 Å². The van der Waals surface area contributed by atoms with Crippen LogP contribution < -0.4 is 4.90 Å². The number of carbonyl (C=O) groups is 1. The largest absolute Gasteiger partial charge is 0.355 e. The van der Waals surface area contributed by atoms with Gasteiger partial charge in [-0.05, 0) is 37.5 Å². The average molecular weight is 314 g/mol. The molecule has 1 aliphatic carbocycles. The number of hydrogen-bond donors (Lipinski definition) is 0. The molecule has 23 heavy (non-hydrogen) atoms. The number of likely N-dealkylation sites (tertiary alicyclic amines) is 1. The predicted molar refractivity (Wildman–Crippen MR) is 89.0 cm³/mol. The van der Waals surface area contributed by atoms with E-state index in [4.69, 9.17) is 0 Å². The minimum atomic E-state index is 0.211. The summed E-state index contributed by atoms with van der Waals surface area (Å²) in [5, 5.41) is 0. The summed E-state index contributed by atoms with van der Waals surface area (Å²) >= 11 is 0. The van der Waals surface area contributed by atoms with Crippen LogP contribution in [0.2, 0.25) is 0 Å². The Morgan fingerprint density at radius 2 is 1.70 bits per heavy atom. The molecule has 3 aliphatic rings. The topological polar surface area (TPSA) is 49.3 Å². The first kappa shape index (κ1) is 14.9. The molecule has 5 nitrogen and oxygen atoms in total. The highest BCUT2D eigenvalue weighted by Gasteiger charge is 2.39. The monoisotopic (exact) mass is 314 g/mol. The fraction of sp³-hybridized carbons (Fsp3) is 0.722. The molecule has 0 bridgehead atoms. The number of fused-ring (bicyclic) bond motifs is 1. The Balaban J connectivity index is 1.33. The lowest BCUT2D eigenvalue weighted by Crippen LogP contribution is -2.42. The van der Waals surface area contributed by atoms with Crippen molar-refractivity contribution in [3.8, 4) is 0 Å². The molecule has 124 valence electrons. The van der Waals surface area contributed by atoms with Gasteiger partial charge in [0, 0.05) is 44.5 Å². The molecule has 1 aromatic rings. The van der Waals surface area contributed by atoms with Gasteiger partial charge < -0.3 is 9.80 Å². The molecule has 5 heteroatoms. The minimum absolute atomic E-state index is 0.211. The zero-order valence-corrected chi connectivity index (χ0v) is 13.7. The van der Waals surface area contributed by atoms with Gasteiger partial charge in [0.15, 0.2) is 0 Å². The van der Waals surface area contributed by atoms with Gasteiger partial charge in [-0.15, -0.1) is 0 Å². The Hall–Kier alpha value is -1.65. The van der Waals surface area contributed by atoms with E-state index in [-0.39, 0.29) is 5.92 Å². The van der Waals surface area contributed by atoms with Gasteiger partial charge in [-0.25, -0.2) is 4.98 Å². The second kappa shape index (κ2) is 6.46. The number of hydrogen-bond acceptors (Lipinski definition) is 4. The van der Waals surface area contributed by atoms with Crippen LogP contribution in [0.5, 0.6) is 0 Å². The Morgan fingerprint density at radius 3 is 2.30 bits per heavy atom. The highest BCUT2D eigenvalue weighted by atomic mass is 16.2. The minimum Gasteiger partial charge on any atom is -0.355 e. The van der Waals surface area contributed by atoms with Gasteiger partial charge in [0.2, 0.25) is 5.91 Å². The third-order valence-corrected chi connectivity index (χ3v) is 6.01. The van der Waals surface area contributed by atoms with E-state index in [1.807, 2.05) is 6.20 Å². The van der Waals surface area contributed by atoms with Crippen molar-refractivity contribution in [1.82, 2.24) is 14.9 Å². The molecule has 2 unspecified atom stereocenters. The Bertz CT molecular complexity index is 527. The smallest absolute Gasteiger partial charge is 0.225 e. The Morgan fingerprint density at radius 1 is 1.00 bits per heavy atom. The van der Waals surface area contributed by atoms with E-state index in [0.29, 0.717) is 5.91 Å². The maximum absolute atomic E-state index is 12.9. The summed E-state index contributed by atoms with van der Waals surface area (Å²) in [5.74, 6) is 3.13. The van der Waals surface area contributed by atoms with Crippen LogP contribution >= 0.6 is 0 Å². The summed E-state index contributed by atoms with van der Waals surface area (Å²) in [6.45, 7) is 3.87. The molecule has 2 saturated heterocycles. The molecule has 0 aromatic carbocycles. The van der Waals surface area contributed by atoms with Crippen molar-refractivity contribution < 1.29 is 4.79 Å². The van der Waals surface area contributed by atoms with Crippen LogP contribution in [0, 0.1) is 17.8 Å². The second-order valence-electron chi connectivity index (χ2n) is 7.37. The number of amides is 1. The molecular weight excluding hydrogens is 288 g/mol. The van der Waals surface area contributed by atoms with Crippen molar-refractivity contribution in [2.75, 3.05) is 31.1 Å². The summed E-state index contributed by atoms with van der Waals surface area (Å²) in [6.07, 6.45) is 12.5. The molecule has 3 heterocycles. The maximum Gasteiger partial charge on any atom is 0.225 e. The molecule has 1 amide bonds. The lowest BCUT2D eigenvalue weighted by Gasteiger charge is -2.33. The third kappa shape index (κ3) is 3.06. The molecule has 0 N–H and O–H groups in total. The SMILES string of the molecule is O=C(C1CCN(c2cnccn2)CC1)N1CC2CCCCC2C1. The van der Waals surface area contributed by atoms with Crippen LogP contribution in [0.4, 0.5) is 5.82 Å². The van der Waals surface area contributed by atoms with E-state index in [2.05, 4.69) is 19.8 Å². The number of aromatic nitrogens is 2. The lowest BCUT2D eigenvalue weighted by atomic mass is 9.82. The van der Waals surface area contributed by atoms with Crippen molar-refractivity contribution in [2.45, 2.75) is 38.5 Å². The number of nitrogens with zero attached hydrogens (tertiary/aromatic N) is 4. The molecule has 1 saturated carbocycles. The van der Waals surface area contributed by atoms with Crippen molar-refractivity contribution in [3.05, 3.63) is 18.6 Å². The standard InChI is InChI=1S/C18H26N4O/c23-18(22-12-15-3-1-2-4-16(15)13-22)14-5-9-21(10-6-14)17-11-19-7-8-20-17/h7-8,11,14-16H,1-6,9-10,12-13H2. The Kier molecular flexibility index (Phi) is 4.19.